The normalized spacial score (nSPS) is 15.3. The van der Waals surface area contributed by atoms with Crippen LogP contribution in [0.1, 0.15) is 32.3 Å². The summed E-state index contributed by atoms with van der Waals surface area (Å²) in [6.45, 7) is 4.92. The van der Waals surface area contributed by atoms with E-state index in [-0.39, 0.29) is 10.8 Å². The molecule has 7 nitrogen and oxygen atoms in total. The maximum absolute atomic E-state index is 12.7. The summed E-state index contributed by atoms with van der Waals surface area (Å²) >= 11 is 1.31. The molecule has 1 amide bonds. The zero-order valence-corrected chi connectivity index (χ0v) is 20.3. The number of sulfonamides is 1. The van der Waals surface area contributed by atoms with Gasteiger partial charge in [-0.25, -0.2) is 13.4 Å². The second-order valence-electron chi connectivity index (χ2n) is 7.92. The summed E-state index contributed by atoms with van der Waals surface area (Å²) in [5.74, 6) is 0.348. The van der Waals surface area contributed by atoms with Gasteiger partial charge in [-0.15, -0.1) is 11.3 Å². The average Bonchev–Trinajstić information content (AvgIpc) is 3.53. The Kier molecular flexibility index (Phi) is 7.11. The van der Waals surface area contributed by atoms with E-state index >= 15 is 0 Å². The first kappa shape index (κ1) is 23.4. The molecule has 174 valence electrons. The molecule has 1 aromatic heterocycles. The van der Waals surface area contributed by atoms with Crippen molar-refractivity contribution >= 4 is 32.4 Å². The van der Waals surface area contributed by atoms with Crippen LogP contribution in [0.3, 0.4) is 0 Å². The first-order valence-corrected chi connectivity index (χ1v) is 13.3. The van der Waals surface area contributed by atoms with Crippen LogP contribution in [0, 0.1) is 0 Å². The van der Waals surface area contributed by atoms with Gasteiger partial charge >= 0.3 is 0 Å². The van der Waals surface area contributed by atoms with Gasteiger partial charge in [0.1, 0.15) is 5.75 Å². The van der Waals surface area contributed by atoms with Gasteiger partial charge in [-0.3, -0.25) is 10.1 Å². The van der Waals surface area contributed by atoms with Gasteiger partial charge < -0.3 is 4.74 Å². The molecule has 0 aliphatic carbocycles. The molecule has 2 heterocycles. The summed E-state index contributed by atoms with van der Waals surface area (Å²) in [4.78, 5) is 17.3. The Bertz CT molecular complexity index is 1200. The van der Waals surface area contributed by atoms with Crippen molar-refractivity contribution in [1.29, 1.82) is 0 Å². The van der Waals surface area contributed by atoms with Gasteiger partial charge in [0.2, 0.25) is 10.0 Å². The van der Waals surface area contributed by atoms with E-state index in [0.717, 1.165) is 24.8 Å². The molecule has 0 bridgehead atoms. The maximum Gasteiger partial charge on any atom is 0.266 e. The molecule has 2 aromatic carbocycles. The largest absolute Gasteiger partial charge is 0.481 e. The molecule has 1 atom stereocenters. The number of hydrogen-bond donors (Lipinski definition) is 1. The number of carbonyl (C=O) groups is 1. The fourth-order valence-electron chi connectivity index (χ4n) is 3.61. The van der Waals surface area contributed by atoms with Gasteiger partial charge in [0.15, 0.2) is 11.2 Å². The summed E-state index contributed by atoms with van der Waals surface area (Å²) in [6, 6.07) is 14.4. The smallest absolute Gasteiger partial charge is 0.266 e. The van der Waals surface area contributed by atoms with Crippen LogP contribution in [0.2, 0.25) is 0 Å². The van der Waals surface area contributed by atoms with E-state index in [2.05, 4.69) is 17.2 Å². The van der Waals surface area contributed by atoms with Crippen molar-refractivity contribution in [2.75, 3.05) is 18.4 Å². The molecule has 4 rings (SSSR count). The molecule has 1 aliphatic heterocycles. The molecular weight excluding hydrogens is 458 g/mol. The molecule has 1 fully saturated rings. The van der Waals surface area contributed by atoms with Crippen molar-refractivity contribution in [3.05, 3.63) is 59.5 Å². The Morgan fingerprint density at radius 3 is 2.42 bits per heavy atom. The average molecular weight is 486 g/mol. The van der Waals surface area contributed by atoms with E-state index in [9.17, 15) is 13.2 Å². The lowest BCUT2D eigenvalue weighted by molar-refractivity contribution is -0.122. The molecule has 33 heavy (non-hydrogen) atoms. The predicted octanol–water partition coefficient (Wildman–Crippen LogP) is 4.56. The molecule has 0 radical (unpaired) electrons. The Balaban J connectivity index is 1.38. The topological polar surface area (TPSA) is 88.6 Å². The highest BCUT2D eigenvalue weighted by molar-refractivity contribution is 7.89. The monoisotopic (exact) mass is 485 g/mol. The molecule has 1 N–H and O–H groups in total. The van der Waals surface area contributed by atoms with E-state index < -0.39 is 16.1 Å². The number of aryl methyl sites for hydroxylation is 1. The van der Waals surface area contributed by atoms with Gasteiger partial charge in [0, 0.05) is 24.0 Å². The highest BCUT2D eigenvalue weighted by atomic mass is 32.2. The van der Waals surface area contributed by atoms with Crippen LogP contribution in [0.15, 0.2) is 58.8 Å². The number of amides is 1. The SMILES string of the molecule is CCc1ccc(OC(C)C(=O)Nc2nc(-c3ccc(S(=O)(=O)N4CCCC4)cc3)cs2)cc1. The highest BCUT2D eigenvalue weighted by Crippen LogP contribution is 2.28. The Labute approximate surface area is 198 Å². The zero-order chi connectivity index (χ0) is 23.4. The second kappa shape index (κ2) is 10.0. The maximum atomic E-state index is 12.7. The Morgan fingerprint density at radius 2 is 1.79 bits per heavy atom. The number of thiazole rings is 1. The first-order valence-electron chi connectivity index (χ1n) is 11.0. The lowest BCUT2D eigenvalue weighted by atomic mass is 10.2. The van der Waals surface area contributed by atoms with E-state index in [1.807, 2.05) is 29.6 Å². The molecule has 1 saturated heterocycles. The summed E-state index contributed by atoms with van der Waals surface area (Å²) < 4.78 is 32.6. The first-order chi connectivity index (χ1) is 15.9. The Morgan fingerprint density at radius 1 is 1.12 bits per heavy atom. The van der Waals surface area contributed by atoms with E-state index in [4.69, 9.17) is 4.74 Å². The van der Waals surface area contributed by atoms with Crippen molar-refractivity contribution < 1.29 is 17.9 Å². The van der Waals surface area contributed by atoms with Crippen molar-refractivity contribution in [2.24, 2.45) is 0 Å². The minimum Gasteiger partial charge on any atom is -0.481 e. The minimum atomic E-state index is -3.44. The molecule has 0 saturated carbocycles. The molecular formula is C24H27N3O4S2. The van der Waals surface area contributed by atoms with Crippen molar-refractivity contribution in [1.82, 2.24) is 9.29 Å². The number of aromatic nitrogens is 1. The van der Waals surface area contributed by atoms with Gasteiger partial charge in [0.05, 0.1) is 10.6 Å². The third kappa shape index (κ3) is 5.43. The standard InChI is InChI=1S/C24H27N3O4S2/c1-3-18-6-10-20(11-7-18)31-17(2)23(28)26-24-25-22(16-32-24)19-8-12-21(13-9-19)33(29,30)27-14-4-5-15-27/h6-13,16-17H,3-5,14-15H2,1-2H3,(H,25,26,28). The van der Waals surface area contributed by atoms with Gasteiger partial charge in [-0.05, 0) is 56.0 Å². The number of nitrogens with one attached hydrogen (secondary N) is 1. The van der Waals surface area contributed by atoms with Gasteiger partial charge in [-0.2, -0.15) is 4.31 Å². The predicted molar refractivity (Wildman–Crippen MR) is 130 cm³/mol. The van der Waals surface area contributed by atoms with Crippen LogP contribution < -0.4 is 10.1 Å². The third-order valence-corrected chi connectivity index (χ3v) is 8.27. The lowest BCUT2D eigenvalue weighted by Gasteiger charge is -2.15. The molecule has 9 heteroatoms. The number of benzene rings is 2. The van der Waals surface area contributed by atoms with E-state index in [1.54, 1.807) is 31.2 Å². The fourth-order valence-corrected chi connectivity index (χ4v) is 5.85. The molecule has 1 aliphatic rings. The van der Waals surface area contributed by atoms with E-state index in [0.29, 0.717) is 29.7 Å². The number of nitrogens with zero attached hydrogens (tertiary/aromatic N) is 2. The zero-order valence-electron chi connectivity index (χ0n) is 18.7. The van der Waals surface area contributed by atoms with Crippen LogP contribution in [0.25, 0.3) is 11.3 Å². The van der Waals surface area contributed by atoms with Crippen molar-refractivity contribution in [2.45, 2.75) is 44.1 Å². The number of carbonyl (C=O) groups excluding carboxylic acids is 1. The summed E-state index contributed by atoms with van der Waals surface area (Å²) in [5, 5.41) is 5.08. The quantitative estimate of drug-likeness (QED) is 0.505. The van der Waals surface area contributed by atoms with Crippen LogP contribution in [-0.2, 0) is 21.2 Å². The van der Waals surface area contributed by atoms with Crippen LogP contribution in [-0.4, -0.2) is 42.8 Å². The number of rotatable bonds is 8. The summed E-state index contributed by atoms with van der Waals surface area (Å²) in [7, 11) is -3.44. The van der Waals surface area contributed by atoms with Crippen LogP contribution >= 0.6 is 11.3 Å². The van der Waals surface area contributed by atoms with Crippen molar-refractivity contribution in [3.63, 3.8) is 0 Å². The molecule has 0 spiro atoms. The molecule has 1 unspecified atom stereocenters. The Hall–Kier alpha value is -2.75. The number of ether oxygens (including phenoxy) is 1. The number of anilines is 1. The van der Waals surface area contributed by atoms with Crippen molar-refractivity contribution in [3.8, 4) is 17.0 Å². The van der Waals surface area contributed by atoms with E-state index in [1.165, 1.54) is 21.2 Å². The third-order valence-electron chi connectivity index (χ3n) is 5.60. The summed E-state index contributed by atoms with van der Waals surface area (Å²) in [5.41, 5.74) is 2.66. The number of hydrogen-bond acceptors (Lipinski definition) is 6. The molecule has 3 aromatic rings. The fraction of sp³-hybridized carbons (Fsp3) is 0.333. The van der Waals surface area contributed by atoms with Gasteiger partial charge in [0.25, 0.3) is 5.91 Å². The minimum absolute atomic E-state index is 0.287. The second-order valence-corrected chi connectivity index (χ2v) is 10.7. The van der Waals surface area contributed by atoms with Crippen LogP contribution in [0.4, 0.5) is 5.13 Å². The summed E-state index contributed by atoms with van der Waals surface area (Å²) in [6.07, 6.45) is 2.07. The highest BCUT2D eigenvalue weighted by Gasteiger charge is 2.27. The van der Waals surface area contributed by atoms with Crippen LogP contribution in [0.5, 0.6) is 5.75 Å². The van der Waals surface area contributed by atoms with Gasteiger partial charge in [-0.1, -0.05) is 31.2 Å². The lowest BCUT2D eigenvalue weighted by Crippen LogP contribution is -2.30.